The standard InChI is InChI=1S/C6H6I2/c7-5-3-1-2-4-6(5)8/h1-6H/t5-,6?/m0/s1. The molecule has 0 heterocycles. The van der Waals surface area contributed by atoms with Gasteiger partial charge in [0.15, 0.2) is 0 Å². The summed E-state index contributed by atoms with van der Waals surface area (Å²) in [4.78, 5) is 0. The van der Waals surface area contributed by atoms with E-state index < -0.39 is 0 Å². The van der Waals surface area contributed by atoms with Crippen molar-refractivity contribution in [3.8, 4) is 0 Å². The Kier molecular flexibility index (Phi) is 2.82. The number of hydrogen-bond donors (Lipinski definition) is 0. The van der Waals surface area contributed by atoms with E-state index >= 15 is 0 Å². The van der Waals surface area contributed by atoms with Gasteiger partial charge >= 0.3 is 0 Å². The zero-order chi connectivity index (χ0) is 5.98. The van der Waals surface area contributed by atoms with E-state index in [0.717, 1.165) is 0 Å². The molecular formula is C6H6I2. The number of allylic oxidation sites excluding steroid dienone is 4. The monoisotopic (exact) mass is 332 g/mol. The van der Waals surface area contributed by atoms with Crippen LogP contribution in [0.4, 0.5) is 0 Å². The van der Waals surface area contributed by atoms with Crippen LogP contribution < -0.4 is 0 Å². The molecule has 0 N–H and O–H groups in total. The van der Waals surface area contributed by atoms with Gasteiger partial charge in [0.25, 0.3) is 0 Å². The molecule has 0 fully saturated rings. The predicted molar refractivity (Wildman–Crippen MR) is 53.9 cm³/mol. The van der Waals surface area contributed by atoms with Gasteiger partial charge in [0, 0.05) is 7.85 Å². The maximum Gasteiger partial charge on any atom is 0.0445 e. The molecule has 0 amide bonds. The van der Waals surface area contributed by atoms with Crippen molar-refractivity contribution >= 4 is 45.2 Å². The van der Waals surface area contributed by atoms with Crippen molar-refractivity contribution in [2.24, 2.45) is 0 Å². The van der Waals surface area contributed by atoms with Gasteiger partial charge in [0.05, 0.1) is 0 Å². The molecule has 0 saturated carbocycles. The highest BCUT2D eigenvalue weighted by molar-refractivity contribution is 14.1. The normalized spacial score (nSPS) is 35.8. The molecule has 1 rings (SSSR count). The van der Waals surface area contributed by atoms with Crippen LogP contribution in [0.1, 0.15) is 0 Å². The molecule has 0 bridgehead atoms. The van der Waals surface area contributed by atoms with Crippen molar-refractivity contribution in [2.75, 3.05) is 0 Å². The van der Waals surface area contributed by atoms with Crippen LogP contribution >= 0.6 is 45.2 Å². The minimum atomic E-state index is 0.693. The lowest BCUT2D eigenvalue weighted by molar-refractivity contribution is 1.15. The van der Waals surface area contributed by atoms with Crippen LogP contribution in [0, 0.1) is 0 Å². The second-order valence-electron chi connectivity index (χ2n) is 1.66. The molecule has 0 aromatic carbocycles. The molecule has 1 unspecified atom stereocenters. The number of rotatable bonds is 0. The van der Waals surface area contributed by atoms with Crippen LogP contribution in [0.25, 0.3) is 0 Å². The molecule has 0 aromatic rings. The Morgan fingerprint density at radius 3 is 1.50 bits per heavy atom. The molecule has 2 heteroatoms. The lowest BCUT2D eigenvalue weighted by atomic mass is 10.2. The minimum Gasteiger partial charge on any atom is -0.0766 e. The predicted octanol–water partition coefficient (Wildman–Crippen LogP) is 2.72. The lowest BCUT2D eigenvalue weighted by Crippen LogP contribution is -2.08. The van der Waals surface area contributed by atoms with Gasteiger partial charge in [0.2, 0.25) is 0 Å². The Morgan fingerprint density at radius 2 is 1.25 bits per heavy atom. The number of hydrogen-bond acceptors (Lipinski definition) is 0. The van der Waals surface area contributed by atoms with Crippen molar-refractivity contribution in [1.29, 1.82) is 0 Å². The van der Waals surface area contributed by atoms with Gasteiger partial charge in [-0.2, -0.15) is 0 Å². The Balaban J connectivity index is 2.59. The van der Waals surface area contributed by atoms with Gasteiger partial charge in [-0.05, 0) is 0 Å². The average Bonchev–Trinajstić information content (AvgIpc) is 1.77. The summed E-state index contributed by atoms with van der Waals surface area (Å²) >= 11 is 4.87. The molecule has 44 valence electrons. The molecule has 1 aliphatic carbocycles. The summed E-state index contributed by atoms with van der Waals surface area (Å²) in [5.74, 6) is 0. The maximum absolute atomic E-state index is 2.44. The van der Waals surface area contributed by atoms with E-state index in [1.807, 2.05) is 0 Å². The molecule has 0 spiro atoms. The van der Waals surface area contributed by atoms with Crippen LogP contribution in [0.3, 0.4) is 0 Å². The van der Waals surface area contributed by atoms with Crippen LogP contribution in [-0.2, 0) is 0 Å². The lowest BCUT2D eigenvalue weighted by Gasteiger charge is -2.10. The van der Waals surface area contributed by atoms with E-state index in [-0.39, 0.29) is 0 Å². The summed E-state index contributed by atoms with van der Waals surface area (Å²) < 4.78 is 1.39. The van der Waals surface area contributed by atoms with E-state index in [2.05, 4.69) is 69.5 Å². The third-order valence-corrected chi connectivity index (χ3v) is 4.76. The molecule has 0 saturated heterocycles. The van der Waals surface area contributed by atoms with Crippen molar-refractivity contribution in [2.45, 2.75) is 7.85 Å². The van der Waals surface area contributed by atoms with Gasteiger partial charge in [0.1, 0.15) is 0 Å². The van der Waals surface area contributed by atoms with E-state index in [0.29, 0.717) is 7.85 Å². The minimum absolute atomic E-state index is 0.693. The van der Waals surface area contributed by atoms with E-state index in [9.17, 15) is 0 Å². The molecule has 1 aliphatic rings. The third-order valence-electron chi connectivity index (χ3n) is 1.01. The molecule has 2 atom stereocenters. The van der Waals surface area contributed by atoms with Gasteiger partial charge in [-0.25, -0.2) is 0 Å². The first kappa shape index (κ1) is 7.05. The number of halogens is 2. The van der Waals surface area contributed by atoms with Crippen molar-refractivity contribution in [1.82, 2.24) is 0 Å². The van der Waals surface area contributed by atoms with Crippen LogP contribution in [0.5, 0.6) is 0 Å². The van der Waals surface area contributed by atoms with Gasteiger partial charge in [-0.1, -0.05) is 69.5 Å². The largest absolute Gasteiger partial charge is 0.0766 e. The highest BCUT2D eigenvalue weighted by atomic mass is 127. The Morgan fingerprint density at radius 1 is 0.875 bits per heavy atom. The van der Waals surface area contributed by atoms with Crippen LogP contribution in [0.15, 0.2) is 24.3 Å². The van der Waals surface area contributed by atoms with Gasteiger partial charge < -0.3 is 0 Å². The fourth-order valence-electron chi connectivity index (χ4n) is 0.553. The average molecular weight is 332 g/mol. The summed E-state index contributed by atoms with van der Waals surface area (Å²) in [7, 11) is 0. The summed E-state index contributed by atoms with van der Waals surface area (Å²) in [6, 6.07) is 0. The van der Waals surface area contributed by atoms with Crippen molar-refractivity contribution in [3.63, 3.8) is 0 Å². The van der Waals surface area contributed by atoms with Crippen molar-refractivity contribution < 1.29 is 0 Å². The van der Waals surface area contributed by atoms with Crippen LogP contribution in [0.2, 0.25) is 0 Å². The summed E-state index contributed by atoms with van der Waals surface area (Å²) in [6.07, 6.45) is 8.65. The quantitative estimate of drug-likeness (QED) is 0.473. The topological polar surface area (TPSA) is 0 Å². The number of alkyl halides is 2. The summed E-state index contributed by atoms with van der Waals surface area (Å²) in [5.41, 5.74) is 0. The smallest absolute Gasteiger partial charge is 0.0445 e. The van der Waals surface area contributed by atoms with E-state index in [1.54, 1.807) is 0 Å². The molecule has 0 aromatic heterocycles. The maximum atomic E-state index is 2.44. The van der Waals surface area contributed by atoms with E-state index in [1.165, 1.54) is 0 Å². The second-order valence-corrected chi connectivity index (χ2v) is 4.54. The highest BCUT2D eigenvalue weighted by Crippen LogP contribution is 2.20. The molecule has 0 radical (unpaired) electrons. The first-order chi connectivity index (χ1) is 3.80. The van der Waals surface area contributed by atoms with Gasteiger partial charge in [-0.3, -0.25) is 0 Å². The van der Waals surface area contributed by atoms with E-state index in [4.69, 9.17) is 0 Å². The SMILES string of the molecule is IC1C=CC=C[C@@H]1I. The Bertz CT molecular complexity index is 110. The molecule has 0 aliphatic heterocycles. The molecule has 8 heavy (non-hydrogen) atoms. The summed E-state index contributed by atoms with van der Waals surface area (Å²) in [5, 5.41) is 0. The fraction of sp³-hybridized carbons (Fsp3) is 0.333. The zero-order valence-corrected chi connectivity index (χ0v) is 8.54. The molecular weight excluding hydrogens is 326 g/mol. The zero-order valence-electron chi connectivity index (χ0n) is 4.22. The Labute approximate surface area is 76.7 Å². The second kappa shape index (κ2) is 3.20. The first-order valence-electron chi connectivity index (χ1n) is 2.44. The first-order valence-corrected chi connectivity index (χ1v) is 4.93. The van der Waals surface area contributed by atoms with Crippen molar-refractivity contribution in [3.05, 3.63) is 24.3 Å². The van der Waals surface area contributed by atoms with Gasteiger partial charge in [-0.15, -0.1) is 0 Å². The highest BCUT2D eigenvalue weighted by Gasteiger charge is 2.09. The molecule has 0 nitrogen and oxygen atoms in total. The summed E-state index contributed by atoms with van der Waals surface area (Å²) in [6.45, 7) is 0. The third kappa shape index (κ3) is 1.72. The van der Waals surface area contributed by atoms with Crippen LogP contribution in [-0.4, -0.2) is 7.85 Å². The fourth-order valence-corrected chi connectivity index (χ4v) is 1.51. The Hall–Kier alpha value is 0.940.